The van der Waals surface area contributed by atoms with Gasteiger partial charge in [0.2, 0.25) is 5.91 Å². The molecule has 0 spiro atoms. The van der Waals surface area contributed by atoms with Crippen molar-refractivity contribution >= 4 is 11.9 Å². The predicted octanol–water partition coefficient (Wildman–Crippen LogP) is 4.06. The van der Waals surface area contributed by atoms with Crippen LogP contribution >= 0.6 is 0 Å². The fourth-order valence-corrected chi connectivity index (χ4v) is 3.05. The van der Waals surface area contributed by atoms with Crippen LogP contribution < -0.4 is 9.47 Å². The number of ether oxygens (including phenoxy) is 3. The second-order valence-electron chi connectivity index (χ2n) is 6.73. The fourth-order valence-electron chi connectivity index (χ4n) is 3.05. The van der Waals surface area contributed by atoms with E-state index in [-0.39, 0.29) is 18.7 Å². The normalized spacial score (nSPS) is 14.3. The first-order valence-electron chi connectivity index (χ1n) is 9.61. The zero-order valence-corrected chi connectivity index (χ0v) is 17.7. The average molecular weight is 395 g/mol. The van der Waals surface area contributed by atoms with Crippen LogP contribution in [-0.2, 0) is 19.2 Å². The summed E-state index contributed by atoms with van der Waals surface area (Å²) in [6.45, 7) is 3.08. The molecule has 158 valence electrons. The lowest BCUT2D eigenvalue weighted by atomic mass is 9.91. The highest BCUT2D eigenvalue weighted by Gasteiger charge is 2.19. The molecule has 1 aromatic rings. The van der Waals surface area contributed by atoms with Crippen LogP contribution in [0.3, 0.4) is 0 Å². The number of amides is 1. The third-order valence-electron chi connectivity index (χ3n) is 4.59. The Morgan fingerprint density at radius 2 is 1.71 bits per heavy atom. The summed E-state index contributed by atoms with van der Waals surface area (Å²) in [7, 11) is 4.61. The molecule has 7 heteroatoms. The molecular weight excluding hydrogens is 362 g/mol. The summed E-state index contributed by atoms with van der Waals surface area (Å²) in [5.41, 5.74) is 1.13. The van der Waals surface area contributed by atoms with Gasteiger partial charge in [0.15, 0.2) is 6.79 Å². The van der Waals surface area contributed by atoms with E-state index < -0.39 is 0 Å². The van der Waals surface area contributed by atoms with E-state index in [1.807, 2.05) is 12.1 Å². The van der Waals surface area contributed by atoms with Gasteiger partial charge < -0.3 is 14.2 Å². The van der Waals surface area contributed by atoms with Crippen LogP contribution in [0.2, 0.25) is 0 Å². The zero-order valence-electron chi connectivity index (χ0n) is 17.7. The van der Waals surface area contributed by atoms with Crippen LogP contribution in [0.25, 0.3) is 0 Å². The Morgan fingerprint density at radius 3 is 2.18 bits per heavy atom. The standard InChI is InChI=1S/C17H24O4.C4H9NO2/c1-13(18)21-15-9-10-17(20-12-19-2)16(11-15)14-7-5-3-4-6-8-14;1-4(6)5(2)7-3/h9-11,14H,3-8,12H2,1-2H3;1-3H3. The van der Waals surface area contributed by atoms with Crippen LogP contribution in [-0.4, -0.2) is 45.0 Å². The number of esters is 1. The molecule has 0 aromatic heterocycles. The maximum atomic E-state index is 11.1. The van der Waals surface area contributed by atoms with Gasteiger partial charge in [-0.1, -0.05) is 25.7 Å². The van der Waals surface area contributed by atoms with Crippen LogP contribution in [0.5, 0.6) is 11.5 Å². The summed E-state index contributed by atoms with van der Waals surface area (Å²) >= 11 is 0. The third kappa shape index (κ3) is 8.71. The largest absolute Gasteiger partial charge is 0.467 e. The van der Waals surface area contributed by atoms with Gasteiger partial charge in [-0.05, 0) is 37.0 Å². The van der Waals surface area contributed by atoms with Gasteiger partial charge in [0, 0.05) is 33.6 Å². The number of benzene rings is 1. The number of rotatable bonds is 6. The monoisotopic (exact) mass is 395 g/mol. The Labute approximate surface area is 167 Å². The summed E-state index contributed by atoms with van der Waals surface area (Å²) < 4.78 is 15.9. The topological polar surface area (TPSA) is 74.3 Å². The van der Waals surface area contributed by atoms with Crippen molar-refractivity contribution in [2.45, 2.75) is 58.3 Å². The van der Waals surface area contributed by atoms with Gasteiger partial charge in [-0.3, -0.25) is 14.4 Å². The molecule has 1 aliphatic rings. The van der Waals surface area contributed by atoms with E-state index in [2.05, 4.69) is 4.84 Å². The summed E-state index contributed by atoms with van der Waals surface area (Å²) in [4.78, 5) is 25.8. The third-order valence-corrected chi connectivity index (χ3v) is 4.59. The molecule has 0 N–H and O–H groups in total. The quantitative estimate of drug-likeness (QED) is 0.238. The molecule has 2 rings (SSSR count). The van der Waals surface area contributed by atoms with Gasteiger partial charge >= 0.3 is 5.97 Å². The van der Waals surface area contributed by atoms with E-state index in [0.29, 0.717) is 11.7 Å². The first-order chi connectivity index (χ1) is 13.4. The number of hydrogen-bond donors (Lipinski definition) is 0. The molecule has 1 aromatic carbocycles. The summed E-state index contributed by atoms with van der Waals surface area (Å²) in [5, 5.41) is 1.15. The van der Waals surface area contributed by atoms with Crippen LogP contribution in [0.15, 0.2) is 18.2 Å². The van der Waals surface area contributed by atoms with Gasteiger partial charge in [0.05, 0.1) is 7.11 Å². The molecule has 0 heterocycles. The second-order valence-corrected chi connectivity index (χ2v) is 6.73. The molecule has 0 saturated heterocycles. The predicted molar refractivity (Wildman–Crippen MR) is 106 cm³/mol. The lowest BCUT2D eigenvalue weighted by molar-refractivity contribution is -0.165. The number of hydroxylamine groups is 2. The molecule has 0 unspecified atom stereocenters. The molecule has 0 aliphatic heterocycles. The van der Waals surface area contributed by atoms with E-state index in [1.54, 1.807) is 20.2 Å². The molecule has 1 fully saturated rings. The van der Waals surface area contributed by atoms with Gasteiger partial charge in [0.25, 0.3) is 0 Å². The van der Waals surface area contributed by atoms with E-state index in [9.17, 15) is 9.59 Å². The molecule has 7 nitrogen and oxygen atoms in total. The Hall–Kier alpha value is -2.12. The zero-order chi connectivity index (χ0) is 20.9. The summed E-state index contributed by atoms with van der Waals surface area (Å²) in [6, 6.07) is 5.59. The SMILES string of the molecule is COCOc1ccc(OC(C)=O)cc1C1CCCCCC1.CON(C)C(C)=O. The smallest absolute Gasteiger partial charge is 0.308 e. The lowest BCUT2D eigenvalue weighted by Gasteiger charge is -2.19. The van der Waals surface area contributed by atoms with Crippen LogP contribution in [0, 0.1) is 0 Å². The van der Waals surface area contributed by atoms with Gasteiger partial charge in [-0.25, -0.2) is 5.06 Å². The van der Waals surface area contributed by atoms with Gasteiger partial charge in [-0.2, -0.15) is 0 Å². The highest BCUT2D eigenvalue weighted by molar-refractivity contribution is 5.71. The molecule has 28 heavy (non-hydrogen) atoms. The van der Waals surface area contributed by atoms with Crippen molar-refractivity contribution in [2.24, 2.45) is 0 Å². The van der Waals surface area contributed by atoms with Crippen molar-refractivity contribution in [2.75, 3.05) is 28.1 Å². The minimum absolute atomic E-state index is 0.0949. The maximum Gasteiger partial charge on any atom is 0.308 e. The fraction of sp³-hybridized carbons (Fsp3) is 0.619. The Balaban J connectivity index is 0.000000480. The molecule has 1 saturated carbocycles. The maximum absolute atomic E-state index is 11.1. The van der Waals surface area contributed by atoms with Crippen molar-refractivity contribution in [3.63, 3.8) is 0 Å². The average Bonchev–Trinajstić information content (AvgIpc) is 2.95. The molecule has 0 atom stereocenters. The Bertz CT molecular complexity index is 611. The molecular formula is C21H33NO6. The van der Waals surface area contributed by atoms with Crippen molar-refractivity contribution < 1.29 is 28.6 Å². The first kappa shape index (κ1) is 23.9. The van der Waals surface area contributed by atoms with Crippen LogP contribution in [0.1, 0.15) is 63.9 Å². The van der Waals surface area contributed by atoms with Crippen LogP contribution in [0.4, 0.5) is 0 Å². The highest BCUT2D eigenvalue weighted by atomic mass is 16.7. The minimum atomic E-state index is -0.299. The second kappa shape index (κ2) is 13.1. The van der Waals surface area contributed by atoms with E-state index in [0.717, 1.165) is 29.2 Å². The van der Waals surface area contributed by atoms with E-state index >= 15 is 0 Å². The van der Waals surface area contributed by atoms with Crippen molar-refractivity contribution in [1.82, 2.24) is 5.06 Å². The first-order valence-corrected chi connectivity index (χ1v) is 9.61. The van der Waals surface area contributed by atoms with Crippen molar-refractivity contribution in [3.8, 4) is 11.5 Å². The number of methoxy groups -OCH3 is 1. The highest BCUT2D eigenvalue weighted by Crippen LogP contribution is 2.38. The van der Waals surface area contributed by atoms with E-state index in [4.69, 9.17) is 14.2 Å². The van der Waals surface area contributed by atoms with Gasteiger partial charge in [0.1, 0.15) is 11.5 Å². The summed E-state index contributed by atoms with van der Waals surface area (Å²) in [6.07, 6.45) is 7.40. The van der Waals surface area contributed by atoms with Crippen molar-refractivity contribution in [1.29, 1.82) is 0 Å². The number of carbonyl (C=O) groups is 2. The Morgan fingerprint density at radius 1 is 1.07 bits per heavy atom. The van der Waals surface area contributed by atoms with Gasteiger partial charge in [-0.15, -0.1) is 0 Å². The van der Waals surface area contributed by atoms with E-state index in [1.165, 1.54) is 46.6 Å². The number of nitrogens with zero attached hydrogens (tertiary/aromatic N) is 1. The lowest BCUT2D eigenvalue weighted by Crippen LogP contribution is -2.21. The molecule has 0 radical (unpaired) electrons. The molecule has 1 aliphatic carbocycles. The van der Waals surface area contributed by atoms with Crippen molar-refractivity contribution in [3.05, 3.63) is 23.8 Å². The molecule has 1 amide bonds. The number of carbonyl (C=O) groups excluding carboxylic acids is 2. The number of hydrogen-bond acceptors (Lipinski definition) is 6. The molecule has 0 bridgehead atoms. The minimum Gasteiger partial charge on any atom is -0.467 e. The Kier molecular flexibility index (Phi) is 11.2. The summed E-state index contributed by atoms with van der Waals surface area (Å²) in [5.74, 6) is 1.50.